The van der Waals surface area contributed by atoms with Gasteiger partial charge in [-0.15, -0.1) is 0 Å². The predicted molar refractivity (Wildman–Crippen MR) is 87.3 cm³/mol. The molecule has 0 spiro atoms. The third kappa shape index (κ3) is 2.97. The monoisotopic (exact) mass is 369 g/mol. The molecule has 0 atom stereocenters. The van der Waals surface area contributed by atoms with Gasteiger partial charge in [0.25, 0.3) is 0 Å². The minimum atomic E-state index is -3.69. The van der Waals surface area contributed by atoms with Gasteiger partial charge < -0.3 is 0 Å². The smallest absolute Gasteiger partial charge is 0.223 e. The van der Waals surface area contributed by atoms with Gasteiger partial charge in [0.05, 0.1) is 15.0 Å². The van der Waals surface area contributed by atoms with Crippen LogP contribution in [0.15, 0.2) is 58.3 Å². The highest BCUT2D eigenvalue weighted by Gasteiger charge is 2.44. The Hall–Kier alpha value is -1.77. The molecule has 0 amide bonds. The Kier molecular flexibility index (Phi) is 4.23. The number of nitrogens with zero attached hydrogens (tertiary/aromatic N) is 1. The minimum Gasteiger partial charge on any atom is -0.223 e. The molecule has 24 heavy (non-hydrogen) atoms. The first-order valence-electron chi connectivity index (χ1n) is 7.27. The van der Waals surface area contributed by atoms with Crippen LogP contribution in [0.2, 0.25) is 0 Å². The summed E-state index contributed by atoms with van der Waals surface area (Å²) >= 11 is 0. The van der Waals surface area contributed by atoms with Crippen LogP contribution < -0.4 is 0 Å². The molecule has 1 heterocycles. The van der Waals surface area contributed by atoms with Crippen LogP contribution in [-0.2, 0) is 19.9 Å². The average molecular weight is 369 g/mol. The molecule has 0 unspecified atom stereocenters. The minimum absolute atomic E-state index is 0.00119. The van der Waals surface area contributed by atoms with Gasteiger partial charge in [0.1, 0.15) is 5.82 Å². The van der Waals surface area contributed by atoms with Crippen molar-refractivity contribution in [2.24, 2.45) is 0 Å². The number of sulfone groups is 1. The van der Waals surface area contributed by atoms with Crippen molar-refractivity contribution in [3.8, 4) is 0 Å². The number of hydrogen-bond donors (Lipinski definition) is 0. The van der Waals surface area contributed by atoms with Gasteiger partial charge in [-0.25, -0.2) is 21.2 Å². The highest BCUT2D eigenvalue weighted by Crippen LogP contribution is 2.28. The molecule has 0 N–H and O–H groups in total. The van der Waals surface area contributed by atoms with E-state index >= 15 is 0 Å². The van der Waals surface area contributed by atoms with Crippen molar-refractivity contribution in [1.29, 1.82) is 0 Å². The number of rotatable bonds is 4. The van der Waals surface area contributed by atoms with Crippen LogP contribution in [0.1, 0.15) is 5.56 Å². The van der Waals surface area contributed by atoms with E-state index in [1.54, 1.807) is 12.1 Å². The lowest BCUT2D eigenvalue weighted by Crippen LogP contribution is -2.56. The zero-order valence-electron chi connectivity index (χ0n) is 12.9. The molecule has 0 aromatic heterocycles. The van der Waals surface area contributed by atoms with Crippen molar-refractivity contribution in [1.82, 2.24) is 4.31 Å². The number of benzene rings is 2. The van der Waals surface area contributed by atoms with Crippen molar-refractivity contribution >= 4 is 19.9 Å². The fraction of sp³-hybridized carbons (Fsp3) is 0.250. The third-order valence-corrected chi connectivity index (χ3v) is 8.01. The molecule has 8 heteroatoms. The number of sulfonamides is 1. The molecule has 0 radical (unpaired) electrons. The molecule has 5 nitrogen and oxygen atoms in total. The van der Waals surface area contributed by atoms with Gasteiger partial charge in [0.2, 0.25) is 10.0 Å². The maximum Gasteiger partial charge on any atom is 0.243 e. The third-order valence-electron chi connectivity index (χ3n) is 4.05. The molecular formula is C16H16FNO4S2. The summed E-state index contributed by atoms with van der Waals surface area (Å²) in [7, 11) is -7.37. The van der Waals surface area contributed by atoms with E-state index in [1.165, 1.54) is 24.3 Å². The van der Waals surface area contributed by atoms with Crippen molar-refractivity contribution < 1.29 is 21.2 Å². The first-order valence-corrected chi connectivity index (χ1v) is 10.3. The van der Waals surface area contributed by atoms with Gasteiger partial charge in [-0.05, 0) is 43.3 Å². The molecule has 2 aromatic rings. The molecule has 0 saturated carbocycles. The molecule has 3 rings (SSSR count). The molecular weight excluding hydrogens is 353 g/mol. The Bertz CT molecular complexity index is 867. The van der Waals surface area contributed by atoms with E-state index in [1.807, 2.05) is 6.92 Å². The zero-order chi connectivity index (χ0) is 17.5. The SMILES string of the molecule is Cc1ccc(S(=O)(=O)N2CC(S(=O)(=O)c3ccc(F)cc3)C2)cc1. The fourth-order valence-corrected chi connectivity index (χ4v) is 5.84. The van der Waals surface area contributed by atoms with Crippen LogP contribution in [0.5, 0.6) is 0 Å². The summed E-state index contributed by atoms with van der Waals surface area (Å²) in [6.07, 6.45) is 0. The van der Waals surface area contributed by atoms with Crippen LogP contribution >= 0.6 is 0 Å². The Morgan fingerprint density at radius 1 is 0.875 bits per heavy atom. The Labute approximate surface area is 140 Å². The van der Waals surface area contributed by atoms with E-state index in [0.717, 1.165) is 22.0 Å². The van der Waals surface area contributed by atoms with E-state index in [9.17, 15) is 21.2 Å². The zero-order valence-corrected chi connectivity index (χ0v) is 14.5. The Morgan fingerprint density at radius 2 is 1.38 bits per heavy atom. The maximum absolute atomic E-state index is 12.9. The summed E-state index contributed by atoms with van der Waals surface area (Å²) in [4.78, 5) is 0.145. The normalized spacial score (nSPS) is 16.8. The van der Waals surface area contributed by atoms with E-state index in [-0.39, 0.29) is 22.9 Å². The fourth-order valence-electron chi connectivity index (χ4n) is 2.47. The lowest BCUT2D eigenvalue weighted by atomic mass is 10.2. The van der Waals surface area contributed by atoms with Crippen molar-refractivity contribution in [3.63, 3.8) is 0 Å². The second kappa shape index (κ2) is 5.94. The van der Waals surface area contributed by atoms with Crippen LogP contribution in [0.25, 0.3) is 0 Å². The van der Waals surface area contributed by atoms with Crippen LogP contribution in [-0.4, -0.2) is 39.5 Å². The molecule has 2 aromatic carbocycles. The maximum atomic E-state index is 12.9. The quantitative estimate of drug-likeness (QED) is 0.773. The lowest BCUT2D eigenvalue weighted by Gasteiger charge is -2.37. The Morgan fingerprint density at radius 3 is 1.92 bits per heavy atom. The van der Waals surface area contributed by atoms with Gasteiger partial charge in [0.15, 0.2) is 9.84 Å². The Balaban J connectivity index is 1.77. The van der Waals surface area contributed by atoms with E-state index < -0.39 is 30.9 Å². The second-order valence-electron chi connectivity index (χ2n) is 5.76. The summed E-state index contributed by atoms with van der Waals surface area (Å²) < 4.78 is 63.9. The predicted octanol–water partition coefficient (Wildman–Crippen LogP) is 1.98. The summed E-state index contributed by atoms with van der Waals surface area (Å²) in [6, 6.07) is 10.9. The van der Waals surface area contributed by atoms with Crippen molar-refractivity contribution in [3.05, 3.63) is 59.9 Å². The highest BCUT2D eigenvalue weighted by atomic mass is 32.2. The van der Waals surface area contributed by atoms with Crippen molar-refractivity contribution in [2.45, 2.75) is 22.0 Å². The molecule has 1 saturated heterocycles. The topological polar surface area (TPSA) is 71.5 Å². The standard InChI is InChI=1S/C16H16FNO4S2/c1-12-2-6-15(7-3-12)24(21,22)18-10-16(11-18)23(19,20)14-8-4-13(17)5-9-14/h2-9,16H,10-11H2,1H3. The molecule has 1 aliphatic rings. The van der Waals surface area contributed by atoms with Gasteiger partial charge in [-0.2, -0.15) is 4.31 Å². The number of aryl methyl sites for hydroxylation is 1. The first-order chi connectivity index (χ1) is 11.2. The summed E-state index contributed by atoms with van der Waals surface area (Å²) in [6.45, 7) is 1.65. The lowest BCUT2D eigenvalue weighted by molar-refractivity contribution is 0.309. The molecule has 128 valence electrons. The molecule has 1 aliphatic heterocycles. The van der Waals surface area contributed by atoms with Gasteiger partial charge in [-0.1, -0.05) is 17.7 Å². The average Bonchev–Trinajstić information content (AvgIpc) is 2.46. The van der Waals surface area contributed by atoms with Crippen molar-refractivity contribution in [2.75, 3.05) is 13.1 Å². The van der Waals surface area contributed by atoms with Gasteiger partial charge in [0, 0.05) is 13.1 Å². The molecule has 0 bridgehead atoms. The summed E-state index contributed by atoms with van der Waals surface area (Å²) in [5.41, 5.74) is 0.939. The van der Waals surface area contributed by atoms with Gasteiger partial charge >= 0.3 is 0 Å². The van der Waals surface area contributed by atoms with Crippen LogP contribution in [0.3, 0.4) is 0 Å². The van der Waals surface area contributed by atoms with E-state index in [2.05, 4.69) is 0 Å². The van der Waals surface area contributed by atoms with Gasteiger partial charge in [-0.3, -0.25) is 0 Å². The number of halogens is 1. The summed E-state index contributed by atoms with van der Waals surface area (Å²) in [5, 5.41) is -0.816. The van der Waals surface area contributed by atoms with E-state index in [0.29, 0.717) is 0 Å². The summed E-state index contributed by atoms with van der Waals surface area (Å²) in [5.74, 6) is -0.522. The second-order valence-corrected chi connectivity index (χ2v) is 9.92. The molecule has 0 aliphatic carbocycles. The first kappa shape index (κ1) is 17.1. The highest BCUT2D eigenvalue weighted by molar-refractivity contribution is 7.92. The largest absolute Gasteiger partial charge is 0.243 e. The van der Waals surface area contributed by atoms with Crippen LogP contribution in [0.4, 0.5) is 4.39 Å². The molecule has 1 fully saturated rings. The number of hydrogen-bond acceptors (Lipinski definition) is 4. The van der Waals surface area contributed by atoms with Crippen LogP contribution in [0, 0.1) is 12.7 Å². The van der Waals surface area contributed by atoms with E-state index in [4.69, 9.17) is 0 Å².